The lowest BCUT2D eigenvalue weighted by atomic mass is 10.1. The summed E-state index contributed by atoms with van der Waals surface area (Å²) >= 11 is 1.52. The average Bonchev–Trinajstić information content (AvgIpc) is 3.58. The van der Waals surface area contributed by atoms with Crippen molar-refractivity contribution in [2.75, 3.05) is 13.1 Å². The molecule has 0 spiro atoms. The van der Waals surface area contributed by atoms with E-state index in [9.17, 15) is 4.79 Å². The predicted molar refractivity (Wildman–Crippen MR) is 138 cm³/mol. The number of fused-ring (bicyclic) bond motifs is 1. The number of rotatable bonds is 7. The Morgan fingerprint density at radius 1 is 1.09 bits per heavy atom. The Bertz CT molecular complexity index is 1300. The number of hydrogen-bond acceptors (Lipinski definition) is 4. The van der Waals surface area contributed by atoms with E-state index in [2.05, 4.69) is 76.1 Å². The number of aromatic nitrogens is 4. The second-order valence-electron chi connectivity index (χ2n) is 9.12. The maximum Gasteiger partial charge on any atom is 0.235 e. The quantitative estimate of drug-likeness (QED) is 0.366. The maximum atomic E-state index is 12.9. The molecule has 3 heterocycles. The summed E-state index contributed by atoms with van der Waals surface area (Å²) in [5.41, 5.74) is 5.88. The largest absolute Gasteiger partial charge is 0.358 e. The summed E-state index contributed by atoms with van der Waals surface area (Å²) in [7, 11) is 0. The first kappa shape index (κ1) is 22.7. The van der Waals surface area contributed by atoms with Crippen LogP contribution >= 0.6 is 11.8 Å². The number of nitrogens with one attached hydrogen (secondary N) is 1. The number of nitrogens with zero attached hydrogens (tertiary/aromatic N) is 4. The van der Waals surface area contributed by atoms with Crippen molar-refractivity contribution in [3.05, 3.63) is 65.4 Å². The molecule has 0 aliphatic carbocycles. The smallest absolute Gasteiger partial charge is 0.235 e. The van der Waals surface area contributed by atoms with Crippen LogP contribution in [0.4, 0.5) is 0 Å². The Kier molecular flexibility index (Phi) is 6.46. The molecule has 34 heavy (non-hydrogen) atoms. The first-order valence-electron chi connectivity index (χ1n) is 12.0. The fourth-order valence-electron chi connectivity index (χ4n) is 4.68. The number of carbonyl (C=O) groups excluding carboxylic acids is 1. The molecule has 2 aromatic carbocycles. The molecule has 1 saturated heterocycles. The average molecular weight is 474 g/mol. The van der Waals surface area contributed by atoms with Crippen molar-refractivity contribution in [3.8, 4) is 11.4 Å². The van der Waals surface area contributed by atoms with Crippen molar-refractivity contribution in [1.29, 1.82) is 0 Å². The van der Waals surface area contributed by atoms with Crippen molar-refractivity contribution in [1.82, 2.24) is 24.6 Å². The van der Waals surface area contributed by atoms with Gasteiger partial charge in [0.05, 0.1) is 5.25 Å². The molecule has 0 bridgehead atoms. The highest BCUT2D eigenvalue weighted by atomic mass is 32.2. The topological polar surface area (TPSA) is 66.8 Å². The van der Waals surface area contributed by atoms with Crippen LogP contribution in [0.2, 0.25) is 0 Å². The number of H-pyrrole nitrogens is 1. The number of likely N-dealkylation sites (tertiary alicyclic amines) is 1. The van der Waals surface area contributed by atoms with Gasteiger partial charge >= 0.3 is 0 Å². The van der Waals surface area contributed by atoms with E-state index in [-0.39, 0.29) is 11.2 Å². The first-order chi connectivity index (χ1) is 16.5. The molecular weight excluding hydrogens is 442 g/mol. The fourth-order valence-corrected chi connectivity index (χ4v) is 5.64. The van der Waals surface area contributed by atoms with E-state index in [0.717, 1.165) is 61.0 Å². The summed E-state index contributed by atoms with van der Waals surface area (Å²) in [5.74, 6) is 1.04. The Morgan fingerprint density at radius 2 is 1.85 bits per heavy atom. The van der Waals surface area contributed by atoms with Gasteiger partial charge in [-0.15, -0.1) is 10.2 Å². The van der Waals surface area contributed by atoms with Gasteiger partial charge in [-0.1, -0.05) is 42.1 Å². The van der Waals surface area contributed by atoms with Crippen molar-refractivity contribution in [3.63, 3.8) is 0 Å². The number of carbonyl (C=O) groups is 1. The molecule has 6 nitrogen and oxygen atoms in total. The van der Waals surface area contributed by atoms with Crippen LogP contribution in [0.3, 0.4) is 0 Å². The van der Waals surface area contributed by atoms with E-state index in [1.165, 1.54) is 34.0 Å². The Labute approximate surface area is 204 Å². The van der Waals surface area contributed by atoms with Crippen LogP contribution in [0.5, 0.6) is 0 Å². The van der Waals surface area contributed by atoms with Gasteiger partial charge in [-0.25, -0.2) is 0 Å². The third kappa shape index (κ3) is 4.49. The Balaban J connectivity index is 1.47. The molecule has 1 fully saturated rings. The second-order valence-corrected chi connectivity index (χ2v) is 10.4. The van der Waals surface area contributed by atoms with Crippen LogP contribution < -0.4 is 0 Å². The molecular formula is C27H31N5OS. The summed E-state index contributed by atoms with van der Waals surface area (Å²) in [6.07, 6.45) is 3.07. The van der Waals surface area contributed by atoms with E-state index in [0.29, 0.717) is 0 Å². The lowest BCUT2D eigenvalue weighted by Gasteiger charge is -2.20. The summed E-state index contributed by atoms with van der Waals surface area (Å²) in [6.45, 7) is 8.72. The van der Waals surface area contributed by atoms with Gasteiger partial charge in [0.25, 0.3) is 0 Å². The summed E-state index contributed by atoms with van der Waals surface area (Å²) < 4.78 is 2.18. The third-order valence-electron chi connectivity index (χ3n) is 6.80. The van der Waals surface area contributed by atoms with Crippen LogP contribution in [0, 0.1) is 13.8 Å². The summed E-state index contributed by atoms with van der Waals surface area (Å²) in [6, 6.07) is 16.9. The minimum Gasteiger partial charge on any atom is -0.358 e. The number of hydrogen-bond donors (Lipinski definition) is 1. The molecule has 1 atom stereocenters. The molecule has 1 aliphatic rings. The number of amides is 1. The first-order valence-corrected chi connectivity index (χ1v) is 12.9. The number of thioether (sulfide) groups is 1. The lowest BCUT2D eigenvalue weighted by Crippen LogP contribution is -2.34. The predicted octanol–water partition coefficient (Wildman–Crippen LogP) is 5.39. The molecule has 1 unspecified atom stereocenters. The monoisotopic (exact) mass is 473 g/mol. The van der Waals surface area contributed by atoms with Gasteiger partial charge in [0.1, 0.15) is 0 Å². The van der Waals surface area contributed by atoms with Crippen LogP contribution in [0.25, 0.3) is 22.3 Å². The Hall–Kier alpha value is -3.06. The molecule has 2 aromatic heterocycles. The zero-order valence-electron chi connectivity index (χ0n) is 20.0. The van der Waals surface area contributed by atoms with Gasteiger partial charge in [-0.2, -0.15) is 0 Å². The molecule has 0 saturated carbocycles. The molecule has 0 radical (unpaired) electrons. The zero-order chi connectivity index (χ0) is 23.7. The normalized spacial score (nSPS) is 14.7. The van der Waals surface area contributed by atoms with Gasteiger partial charge in [-0.3, -0.25) is 4.79 Å². The van der Waals surface area contributed by atoms with Crippen LogP contribution in [-0.4, -0.2) is 48.9 Å². The molecule has 1 aliphatic heterocycles. The van der Waals surface area contributed by atoms with E-state index in [1.54, 1.807) is 0 Å². The number of benzene rings is 2. The maximum absolute atomic E-state index is 12.9. The summed E-state index contributed by atoms with van der Waals surface area (Å²) in [4.78, 5) is 18.4. The SMILES string of the molecule is Cc1[nH]c2ccc(-c3nnc(SC(C)C(=O)N4CCCC4)n3CCc3ccccc3)cc2c1C. The van der Waals surface area contributed by atoms with Crippen molar-refractivity contribution < 1.29 is 4.79 Å². The molecule has 7 heteroatoms. The highest BCUT2D eigenvalue weighted by Gasteiger charge is 2.26. The van der Waals surface area contributed by atoms with Crippen molar-refractivity contribution >= 4 is 28.6 Å². The lowest BCUT2D eigenvalue weighted by molar-refractivity contribution is -0.129. The molecule has 4 aromatic rings. The van der Waals surface area contributed by atoms with Gasteiger partial charge < -0.3 is 14.5 Å². The second kappa shape index (κ2) is 9.66. The standard InChI is InChI=1S/C27H31N5OS/c1-18-19(2)28-24-12-11-22(17-23(18)24)25-29-30-27(32(25)16-13-21-9-5-4-6-10-21)34-20(3)26(33)31-14-7-8-15-31/h4-6,9-12,17,20,28H,7-8,13-16H2,1-3H3. The third-order valence-corrected chi connectivity index (χ3v) is 7.87. The van der Waals surface area contributed by atoms with E-state index >= 15 is 0 Å². The molecule has 5 rings (SSSR count). The minimum atomic E-state index is -0.192. The highest BCUT2D eigenvalue weighted by Crippen LogP contribution is 2.31. The van der Waals surface area contributed by atoms with Crippen molar-refractivity contribution in [2.24, 2.45) is 0 Å². The van der Waals surface area contributed by atoms with Crippen LogP contribution in [0.1, 0.15) is 36.6 Å². The molecule has 176 valence electrons. The van der Waals surface area contributed by atoms with Gasteiger partial charge in [0.15, 0.2) is 11.0 Å². The molecule has 1 N–H and O–H groups in total. The van der Waals surface area contributed by atoms with E-state index in [4.69, 9.17) is 0 Å². The highest BCUT2D eigenvalue weighted by molar-refractivity contribution is 8.00. The fraction of sp³-hybridized carbons (Fsp3) is 0.370. The minimum absolute atomic E-state index is 0.192. The van der Waals surface area contributed by atoms with Crippen LogP contribution in [0.15, 0.2) is 53.7 Å². The number of aromatic amines is 1. The van der Waals surface area contributed by atoms with E-state index < -0.39 is 0 Å². The van der Waals surface area contributed by atoms with E-state index in [1.807, 2.05) is 17.9 Å². The van der Waals surface area contributed by atoms with Gasteiger partial charge in [-0.05, 0) is 69.4 Å². The summed E-state index contributed by atoms with van der Waals surface area (Å²) in [5, 5.41) is 11.0. The van der Waals surface area contributed by atoms with Gasteiger partial charge in [0.2, 0.25) is 5.91 Å². The molecule has 1 amide bonds. The van der Waals surface area contributed by atoms with Crippen molar-refractivity contribution in [2.45, 2.75) is 57.0 Å². The Morgan fingerprint density at radius 3 is 2.62 bits per heavy atom. The zero-order valence-corrected chi connectivity index (χ0v) is 20.9. The van der Waals surface area contributed by atoms with Gasteiger partial charge in [0, 0.05) is 41.8 Å². The number of aryl methyl sites for hydroxylation is 3. The van der Waals surface area contributed by atoms with Crippen LogP contribution in [-0.2, 0) is 17.8 Å².